The SMILES string of the molecule is C[C@@]1(c2cccc(CCC(=O)O)c2)C(=O)Nc2nc(-c3nn(Cc4ccccc4F)c4ncc(F)cc34)nc(N)c21. The molecule has 1 aliphatic heterocycles. The summed E-state index contributed by atoms with van der Waals surface area (Å²) in [6.45, 7) is 1.72. The van der Waals surface area contributed by atoms with Crippen molar-refractivity contribution in [3.63, 3.8) is 0 Å². The maximum absolute atomic E-state index is 14.4. The van der Waals surface area contributed by atoms with Crippen LogP contribution in [0.25, 0.3) is 22.6 Å². The van der Waals surface area contributed by atoms with Gasteiger partial charge in [-0.25, -0.2) is 28.4 Å². The third-order valence-electron chi connectivity index (χ3n) is 7.30. The Morgan fingerprint density at radius 2 is 1.93 bits per heavy atom. The maximum Gasteiger partial charge on any atom is 0.303 e. The van der Waals surface area contributed by atoms with E-state index in [0.29, 0.717) is 34.1 Å². The summed E-state index contributed by atoms with van der Waals surface area (Å²) in [6.07, 6.45) is 1.29. The molecular formula is C29H23F2N7O3. The molecule has 41 heavy (non-hydrogen) atoms. The molecule has 1 atom stereocenters. The van der Waals surface area contributed by atoms with E-state index in [2.05, 4.69) is 25.4 Å². The number of halogens is 2. The predicted molar refractivity (Wildman–Crippen MR) is 146 cm³/mol. The van der Waals surface area contributed by atoms with E-state index >= 15 is 0 Å². The van der Waals surface area contributed by atoms with Crippen molar-refractivity contribution in [3.05, 3.63) is 94.7 Å². The number of aromatic nitrogens is 5. The molecule has 4 N–H and O–H groups in total. The van der Waals surface area contributed by atoms with Crippen molar-refractivity contribution in [1.82, 2.24) is 24.7 Å². The van der Waals surface area contributed by atoms with Crippen molar-refractivity contribution in [3.8, 4) is 11.5 Å². The molecule has 12 heteroatoms. The second-order valence-corrected chi connectivity index (χ2v) is 9.95. The van der Waals surface area contributed by atoms with Gasteiger partial charge in [-0.3, -0.25) is 9.59 Å². The van der Waals surface area contributed by atoms with Gasteiger partial charge in [0.05, 0.1) is 23.7 Å². The monoisotopic (exact) mass is 555 g/mol. The molecule has 0 unspecified atom stereocenters. The van der Waals surface area contributed by atoms with Gasteiger partial charge in [0, 0.05) is 12.0 Å². The Morgan fingerprint density at radius 1 is 1.12 bits per heavy atom. The first kappa shape index (κ1) is 26.0. The predicted octanol–water partition coefficient (Wildman–Crippen LogP) is 4.07. The summed E-state index contributed by atoms with van der Waals surface area (Å²) in [5.41, 5.74) is 7.73. The first-order valence-corrected chi connectivity index (χ1v) is 12.7. The molecule has 10 nitrogen and oxygen atoms in total. The van der Waals surface area contributed by atoms with Crippen molar-refractivity contribution in [2.24, 2.45) is 0 Å². The van der Waals surface area contributed by atoms with Gasteiger partial charge in [-0.2, -0.15) is 5.10 Å². The standard InChI is InChI=1S/C29H23F2N7O3/c1-29(17-7-4-5-15(11-17)9-10-21(39)40)22-24(32)34-26(35-25(22)36-28(29)41)23-19-12-18(30)13-33-27(19)38(37-23)14-16-6-2-3-8-20(16)31/h2-8,11-13H,9-10,14H2,1H3,(H,39,40)(H3,32,34,35,36,41)/t29-/m0/s1. The quantitative estimate of drug-likeness (QED) is 0.272. The van der Waals surface area contributed by atoms with E-state index in [9.17, 15) is 18.4 Å². The lowest BCUT2D eigenvalue weighted by atomic mass is 9.77. The van der Waals surface area contributed by atoms with Crippen LogP contribution in [0.3, 0.4) is 0 Å². The van der Waals surface area contributed by atoms with Crippen LogP contribution in [0.1, 0.15) is 35.6 Å². The Kier molecular flexibility index (Phi) is 6.17. The number of nitrogen functional groups attached to an aromatic ring is 1. The summed E-state index contributed by atoms with van der Waals surface area (Å²) in [4.78, 5) is 37.6. The zero-order chi connectivity index (χ0) is 28.9. The lowest BCUT2D eigenvalue weighted by Gasteiger charge is -2.24. The summed E-state index contributed by atoms with van der Waals surface area (Å²) in [5, 5.41) is 16.7. The summed E-state index contributed by atoms with van der Waals surface area (Å²) in [6, 6.07) is 14.5. The molecular weight excluding hydrogens is 532 g/mol. The normalized spacial score (nSPS) is 16.1. The van der Waals surface area contributed by atoms with E-state index in [1.807, 2.05) is 0 Å². The Balaban J connectivity index is 1.44. The van der Waals surface area contributed by atoms with Gasteiger partial charge >= 0.3 is 5.97 Å². The molecule has 3 aromatic heterocycles. The third-order valence-corrected chi connectivity index (χ3v) is 7.30. The Bertz CT molecular complexity index is 1870. The van der Waals surface area contributed by atoms with Gasteiger partial charge in [-0.15, -0.1) is 0 Å². The lowest BCUT2D eigenvalue weighted by molar-refractivity contribution is -0.137. The molecule has 0 saturated carbocycles. The van der Waals surface area contributed by atoms with Crippen molar-refractivity contribution in [1.29, 1.82) is 0 Å². The average Bonchev–Trinajstić information content (AvgIpc) is 3.43. The number of carbonyl (C=O) groups is 2. The van der Waals surface area contributed by atoms with Crippen LogP contribution in [-0.4, -0.2) is 41.7 Å². The number of nitrogens with one attached hydrogen (secondary N) is 1. The minimum absolute atomic E-state index is 0.0166. The number of nitrogens with zero attached hydrogens (tertiary/aromatic N) is 5. The lowest BCUT2D eigenvalue weighted by Crippen LogP contribution is -2.33. The molecule has 0 bridgehead atoms. The molecule has 4 heterocycles. The van der Waals surface area contributed by atoms with Crippen molar-refractivity contribution >= 4 is 34.5 Å². The highest BCUT2D eigenvalue weighted by atomic mass is 19.1. The number of hydrogen-bond acceptors (Lipinski definition) is 7. The Hall–Kier alpha value is -5.26. The van der Waals surface area contributed by atoms with Gasteiger partial charge in [0.2, 0.25) is 5.91 Å². The van der Waals surface area contributed by atoms with Gasteiger partial charge in [0.25, 0.3) is 0 Å². The highest BCUT2D eigenvalue weighted by molar-refractivity contribution is 6.09. The molecule has 1 aliphatic rings. The Labute approximate surface area is 231 Å². The fourth-order valence-corrected chi connectivity index (χ4v) is 5.18. The average molecular weight is 556 g/mol. The van der Waals surface area contributed by atoms with Crippen LogP contribution in [0.2, 0.25) is 0 Å². The number of aryl methyl sites for hydroxylation is 1. The fourth-order valence-electron chi connectivity index (χ4n) is 5.18. The number of carbonyl (C=O) groups excluding carboxylic acids is 1. The molecule has 0 spiro atoms. The molecule has 5 aromatic rings. The minimum atomic E-state index is -1.25. The van der Waals surface area contributed by atoms with Gasteiger partial charge in [-0.05, 0) is 36.6 Å². The first-order valence-electron chi connectivity index (χ1n) is 12.7. The highest BCUT2D eigenvalue weighted by Gasteiger charge is 2.47. The van der Waals surface area contributed by atoms with Crippen LogP contribution in [-0.2, 0) is 28.0 Å². The number of benzene rings is 2. The number of anilines is 2. The van der Waals surface area contributed by atoms with Crippen LogP contribution in [0.4, 0.5) is 20.4 Å². The molecule has 0 fully saturated rings. The van der Waals surface area contributed by atoms with E-state index in [4.69, 9.17) is 10.8 Å². The first-order chi connectivity index (χ1) is 19.6. The van der Waals surface area contributed by atoms with Gasteiger partial charge < -0.3 is 16.2 Å². The van der Waals surface area contributed by atoms with Gasteiger partial charge in [0.1, 0.15) is 34.4 Å². The molecule has 206 valence electrons. The van der Waals surface area contributed by atoms with Crippen LogP contribution in [0.15, 0.2) is 60.8 Å². The summed E-state index contributed by atoms with van der Waals surface area (Å²) in [7, 11) is 0. The number of carboxylic acid groups (broad SMARTS) is 1. The van der Waals surface area contributed by atoms with Gasteiger partial charge in [0.15, 0.2) is 11.5 Å². The number of pyridine rings is 1. The third kappa shape index (κ3) is 4.42. The number of fused-ring (bicyclic) bond motifs is 2. The second kappa shape index (κ2) is 9.73. The van der Waals surface area contributed by atoms with Crippen LogP contribution in [0, 0.1) is 11.6 Å². The summed E-state index contributed by atoms with van der Waals surface area (Å²) < 4.78 is 30.1. The largest absolute Gasteiger partial charge is 0.481 e. The number of rotatable bonds is 7. The second-order valence-electron chi connectivity index (χ2n) is 9.95. The molecule has 2 aromatic carbocycles. The van der Waals surface area contributed by atoms with Crippen molar-refractivity contribution in [2.45, 2.75) is 31.7 Å². The van der Waals surface area contributed by atoms with Crippen LogP contribution >= 0.6 is 0 Å². The Morgan fingerprint density at radius 3 is 2.71 bits per heavy atom. The zero-order valence-corrected chi connectivity index (χ0v) is 21.7. The van der Waals surface area contributed by atoms with Crippen LogP contribution in [0.5, 0.6) is 0 Å². The van der Waals surface area contributed by atoms with Gasteiger partial charge in [-0.1, -0.05) is 42.5 Å². The summed E-state index contributed by atoms with van der Waals surface area (Å²) >= 11 is 0. The number of carboxylic acids is 1. The highest BCUT2D eigenvalue weighted by Crippen LogP contribution is 2.45. The molecule has 6 rings (SSSR count). The van der Waals surface area contributed by atoms with E-state index in [1.165, 1.54) is 16.8 Å². The number of amides is 1. The van der Waals surface area contributed by atoms with E-state index in [-0.39, 0.29) is 42.0 Å². The zero-order valence-electron chi connectivity index (χ0n) is 21.7. The smallest absolute Gasteiger partial charge is 0.303 e. The number of hydrogen-bond donors (Lipinski definition) is 3. The minimum Gasteiger partial charge on any atom is -0.481 e. The van der Waals surface area contributed by atoms with E-state index in [0.717, 1.165) is 11.8 Å². The maximum atomic E-state index is 14.4. The van der Waals surface area contributed by atoms with Crippen molar-refractivity contribution in [2.75, 3.05) is 11.1 Å². The molecule has 0 aliphatic carbocycles. The molecule has 0 radical (unpaired) electrons. The molecule has 1 amide bonds. The number of nitrogens with two attached hydrogens (primary N) is 1. The fraction of sp³-hybridized carbons (Fsp3) is 0.172. The van der Waals surface area contributed by atoms with E-state index in [1.54, 1.807) is 49.4 Å². The molecule has 0 saturated heterocycles. The van der Waals surface area contributed by atoms with Crippen molar-refractivity contribution < 1.29 is 23.5 Å². The topological polar surface area (TPSA) is 149 Å². The number of aliphatic carboxylic acids is 1. The van der Waals surface area contributed by atoms with E-state index < -0.39 is 23.0 Å². The summed E-state index contributed by atoms with van der Waals surface area (Å²) in [5.74, 6) is -2.11. The van der Waals surface area contributed by atoms with Crippen LogP contribution < -0.4 is 11.1 Å².